The minimum atomic E-state index is -3.78. The molecule has 23 heavy (non-hydrogen) atoms. The Morgan fingerprint density at radius 3 is 2.83 bits per heavy atom. The Labute approximate surface area is 133 Å². The maximum Gasteiger partial charge on any atom is 0.307 e. The normalized spacial score (nSPS) is 22.1. The van der Waals surface area contributed by atoms with Gasteiger partial charge in [0.25, 0.3) is 0 Å². The van der Waals surface area contributed by atoms with Crippen LogP contribution in [0.25, 0.3) is 10.9 Å². The topological polar surface area (TPSA) is 108 Å². The summed E-state index contributed by atoms with van der Waals surface area (Å²) in [5.41, 5.74) is 0.404. The fraction of sp³-hybridized carbons (Fsp3) is 0.333. The van der Waals surface area contributed by atoms with E-state index in [9.17, 15) is 13.2 Å². The van der Waals surface area contributed by atoms with Crippen LogP contribution in [0.5, 0.6) is 0 Å². The van der Waals surface area contributed by atoms with Crippen molar-refractivity contribution in [2.75, 3.05) is 13.1 Å². The molecular formula is C15H17N3O4S. The van der Waals surface area contributed by atoms with Gasteiger partial charge >= 0.3 is 5.97 Å². The highest BCUT2D eigenvalue weighted by molar-refractivity contribution is 7.89. The number of para-hydroxylation sites is 1. The molecule has 0 aliphatic carbocycles. The van der Waals surface area contributed by atoms with E-state index in [0.717, 1.165) is 5.39 Å². The molecule has 2 atom stereocenters. The monoisotopic (exact) mass is 335 g/mol. The van der Waals surface area contributed by atoms with Crippen LogP contribution in [0.4, 0.5) is 0 Å². The summed E-state index contributed by atoms with van der Waals surface area (Å²) >= 11 is 0. The van der Waals surface area contributed by atoms with Crippen LogP contribution in [-0.4, -0.2) is 43.6 Å². The van der Waals surface area contributed by atoms with Crippen LogP contribution in [0.3, 0.4) is 0 Å². The summed E-state index contributed by atoms with van der Waals surface area (Å²) in [5.74, 6) is -1.52. The highest BCUT2D eigenvalue weighted by Crippen LogP contribution is 2.21. The van der Waals surface area contributed by atoms with Gasteiger partial charge in [-0.05, 0) is 18.6 Å². The fourth-order valence-electron chi connectivity index (χ4n) is 2.80. The molecule has 1 aromatic heterocycles. The van der Waals surface area contributed by atoms with Crippen LogP contribution in [0.15, 0.2) is 41.4 Å². The average Bonchev–Trinajstić information content (AvgIpc) is 2.54. The second-order valence-electron chi connectivity index (χ2n) is 5.58. The van der Waals surface area contributed by atoms with Crippen molar-refractivity contribution in [3.8, 4) is 0 Å². The molecule has 1 aliphatic heterocycles. The van der Waals surface area contributed by atoms with Crippen LogP contribution in [-0.2, 0) is 14.8 Å². The van der Waals surface area contributed by atoms with Crippen molar-refractivity contribution in [2.24, 2.45) is 5.92 Å². The number of carbonyl (C=O) groups is 1. The Kier molecular flexibility index (Phi) is 4.29. The van der Waals surface area contributed by atoms with E-state index in [1.807, 2.05) is 0 Å². The number of piperidine rings is 1. The molecular weight excluding hydrogens is 318 g/mol. The molecule has 3 rings (SSSR count). The number of rotatable bonds is 4. The zero-order valence-electron chi connectivity index (χ0n) is 12.3. The third kappa shape index (κ3) is 3.34. The number of hydrogen-bond acceptors (Lipinski definition) is 5. The van der Waals surface area contributed by atoms with Crippen molar-refractivity contribution in [1.29, 1.82) is 0 Å². The number of carboxylic acids is 1. The van der Waals surface area contributed by atoms with Gasteiger partial charge < -0.3 is 10.4 Å². The molecule has 0 amide bonds. The summed E-state index contributed by atoms with van der Waals surface area (Å²) < 4.78 is 27.9. The number of sulfonamides is 1. The molecule has 1 aliphatic rings. The van der Waals surface area contributed by atoms with Crippen molar-refractivity contribution in [3.05, 3.63) is 36.5 Å². The average molecular weight is 335 g/mol. The predicted molar refractivity (Wildman–Crippen MR) is 84.5 cm³/mol. The van der Waals surface area contributed by atoms with Gasteiger partial charge in [0.05, 0.1) is 11.4 Å². The molecule has 122 valence electrons. The number of aromatic nitrogens is 1. The Hall–Kier alpha value is -2.03. The second-order valence-corrected chi connectivity index (χ2v) is 7.26. The first kappa shape index (κ1) is 15.9. The van der Waals surface area contributed by atoms with Gasteiger partial charge in [0.15, 0.2) is 0 Å². The van der Waals surface area contributed by atoms with Gasteiger partial charge in [0.1, 0.15) is 4.90 Å². The van der Waals surface area contributed by atoms with Crippen LogP contribution in [0.2, 0.25) is 0 Å². The molecule has 0 radical (unpaired) electrons. The molecule has 2 heterocycles. The quantitative estimate of drug-likeness (QED) is 0.754. The van der Waals surface area contributed by atoms with E-state index in [0.29, 0.717) is 18.6 Å². The van der Waals surface area contributed by atoms with Crippen molar-refractivity contribution in [3.63, 3.8) is 0 Å². The van der Waals surface area contributed by atoms with E-state index in [-0.39, 0.29) is 11.3 Å². The van der Waals surface area contributed by atoms with Crippen molar-refractivity contribution >= 4 is 26.9 Å². The molecule has 1 aromatic carbocycles. The lowest BCUT2D eigenvalue weighted by molar-refractivity contribution is -0.142. The standard InChI is InChI=1S/C15H17N3O4S/c19-15(20)11-7-12(9-16-8-11)18-23(21,22)13-5-1-3-10-4-2-6-17-14(10)13/h1-6,11-12,16,18H,7-9H2,(H,19,20). The summed E-state index contributed by atoms with van der Waals surface area (Å²) in [6.45, 7) is 0.755. The van der Waals surface area contributed by atoms with E-state index in [4.69, 9.17) is 5.11 Å². The van der Waals surface area contributed by atoms with Gasteiger partial charge in [0.2, 0.25) is 10.0 Å². The predicted octanol–water partition coefficient (Wildman–Crippen LogP) is 0.576. The first-order valence-corrected chi connectivity index (χ1v) is 8.75. The molecule has 0 saturated carbocycles. The number of fused-ring (bicyclic) bond motifs is 1. The molecule has 0 bridgehead atoms. The second kappa shape index (κ2) is 6.23. The highest BCUT2D eigenvalue weighted by Gasteiger charge is 2.30. The molecule has 8 heteroatoms. The maximum atomic E-state index is 12.7. The van der Waals surface area contributed by atoms with Gasteiger partial charge in [-0.2, -0.15) is 0 Å². The number of pyridine rings is 1. The van der Waals surface area contributed by atoms with Crippen LogP contribution in [0.1, 0.15) is 6.42 Å². The maximum absolute atomic E-state index is 12.7. The van der Waals surface area contributed by atoms with Crippen LogP contribution in [0, 0.1) is 5.92 Å². The summed E-state index contributed by atoms with van der Waals surface area (Å²) in [6, 6.07) is 8.04. The van der Waals surface area contributed by atoms with Gasteiger partial charge in [-0.1, -0.05) is 18.2 Å². The minimum absolute atomic E-state index is 0.105. The Bertz CT molecular complexity index is 832. The van der Waals surface area contributed by atoms with E-state index in [1.54, 1.807) is 30.5 Å². The van der Waals surface area contributed by atoms with Crippen molar-refractivity contribution in [1.82, 2.24) is 15.0 Å². The fourth-order valence-corrected chi connectivity index (χ4v) is 4.22. The Morgan fingerprint density at radius 1 is 1.26 bits per heavy atom. The lowest BCUT2D eigenvalue weighted by atomic mass is 9.97. The number of hydrogen-bond donors (Lipinski definition) is 3. The lowest BCUT2D eigenvalue weighted by Crippen LogP contribution is -2.50. The largest absolute Gasteiger partial charge is 0.481 e. The van der Waals surface area contributed by atoms with Gasteiger partial charge in [-0.15, -0.1) is 0 Å². The summed E-state index contributed by atoms with van der Waals surface area (Å²) in [5, 5.41) is 12.8. The van der Waals surface area contributed by atoms with Gasteiger partial charge in [-0.25, -0.2) is 13.1 Å². The van der Waals surface area contributed by atoms with Crippen molar-refractivity contribution in [2.45, 2.75) is 17.4 Å². The molecule has 2 aromatic rings. The summed E-state index contributed by atoms with van der Waals surface area (Å²) in [7, 11) is -3.78. The lowest BCUT2D eigenvalue weighted by Gasteiger charge is -2.28. The molecule has 1 saturated heterocycles. The molecule has 0 spiro atoms. The van der Waals surface area contributed by atoms with Crippen LogP contribution < -0.4 is 10.0 Å². The van der Waals surface area contributed by atoms with Crippen LogP contribution >= 0.6 is 0 Å². The number of nitrogens with zero attached hydrogens (tertiary/aromatic N) is 1. The number of nitrogens with one attached hydrogen (secondary N) is 2. The summed E-state index contributed by atoms with van der Waals surface area (Å²) in [6.07, 6.45) is 1.81. The van der Waals surface area contributed by atoms with E-state index < -0.39 is 28.0 Å². The number of aliphatic carboxylic acids is 1. The van der Waals surface area contributed by atoms with Gasteiger partial charge in [-0.3, -0.25) is 9.78 Å². The molecule has 3 N–H and O–H groups in total. The Balaban J connectivity index is 1.88. The SMILES string of the molecule is O=C(O)C1CNCC(NS(=O)(=O)c2cccc3cccnc23)C1. The molecule has 7 nitrogen and oxygen atoms in total. The molecule has 1 fully saturated rings. The third-order valence-electron chi connectivity index (χ3n) is 3.91. The smallest absolute Gasteiger partial charge is 0.307 e. The third-order valence-corrected chi connectivity index (χ3v) is 5.46. The van der Waals surface area contributed by atoms with Gasteiger partial charge in [0, 0.05) is 30.7 Å². The minimum Gasteiger partial charge on any atom is -0.481 e. The summed E-state index contributed by atoms with van der Waals surface area (Å²) in [4.78, 5) is 15.3. The van der Waals surface area contributed by atoms with E-state index in [2.05, 4.69) is 15.0 Å². The highest BCUT2D eigenvalue weighted by atomic mass is 32.2. The zero-order chi connectivity index (χ0) is 16.4. The number of benzene rings is 1. The first-order valence-electron chi connectivity index (χ1n) is 7.27. The first-order chi connectivity index (χ1) is 11.0. The zero-order valence-corrected chi connectivity index (χ0v) is 13.1. The van der Waals surface area contributed by atoms with E-state index in [1.165, 1.54) is 6.07 Å². The number of carboxylic acid groups (broad SMARTS) is 1. The Morgan fingerprint density at radius 2 is 2.04 bits per heavy atom. The van der Waals surface area contributed by atoms with E-state index >= 15 is 0 Å². The van der Waals surface area contributed by atoms with Crippen molar-refractivity contribution < 1.29 is 18.3 Å². The molecule has 2 unspecified atom stereocenters.